The number of fused-ring (bicyclic) bond motifs is 1. The Balaban J connectivity index is 2.06. The largest absolute Gasteiger partial charge is 0.465 e. The number of para-hydroxylation sites is 1. The van der Waals surface area contributed by atoms with Crippen LogP contribution in [0.3, 0.4) is 0 Å². The molecule has 0 radical (unpaired) electrons. The molecule has 0 saturated heterocycles. The van der Waals surface area contributed by atoms with Crippen molar-refractivity contribution in [3.63, 3.8) is 0 Å². The van der Waals surface area contributed by atoms with E-state index in [2.05, 4.69) is 5.32 Å². The highest BCUT2D eigenvalue weighted by atomic mass is 16.3. The molecule has 4 nitrogen and oxygen atoms in total. The first kappa shape index (κ1) is 10.9. The molecule has 4 heteroatoms. The maximum atomic E-state index is 12.4. The van der Waals surface area contributed by atoms with Gasteiger partial charge in [0.05, 0.1) is 11.8 Å². The van der Waals surface area contributed by atoms with E-state index in [-0.39, 0.29) is 12.1 Å². The summed E-state index contributed by atoms with van der Waals surface area (Å²) in [6.07, 6.45) is 1.39. The number of benzene rings is 1. The fourth-order valence-corrected chi connectivity index (χ4v) is 2.29. The number of nitrogens with one attached hydrogen (secondary N) is 1. The van der Waals surface area contributed by atoms with Crippen molar-refractivity contribution in [2.24, 2.45) is 0 Å². The number of carbonyl (C=O) groups excluding carboxylic acids is 1. The fraction of sp³-hybridized carbons (Fsp3) is 0.214. The summed E-state index contributed by atoms with van der Waals surface area (Å²) < 4.78 is 5.41. The Labute approximate surface area is 105 Å². The number of furan rings is 1. The third-order valence-corrected chi connectivity index (χ3v) is 3.18. The Hall–Kier alpha value is -2.23. The quantitative estimate of drug-likeness (QED) is 0.880. The molecule has 1 N–H and O–H groups in total. The minimum atomic E-state index is -0.229. The van der Waals surface area contributed by atoms with Gasteiger partial charge in [0.2, 0.25) is 0 Å². The zero-order valence-electron chi connectivity index (χ0n) is 10.1. The number of amides is 1. The van der Waals surface area contributed by atoms with Gasteiger partial charge in [0.25, 0.3) is 5.91 Å². The van der Waals surface area contributed by atoms with E-state index in [4.69, 9.17) is 4.42 Å². The van der Waals surface area contributed by atoms with Gasteiger partial charge in [-0.2, -0.15) is 0 Å². The van der Waals surface area contributed by atoms with Crippen LogP contribution >= 0.6 is 0 Å². The van der Waals surface area contributed by atoms with E-state index in [1.54, 1.807) is 11.2 Å². The molecule has 2 aromatic rings. The molecule has 1 unspecified atom stereocenters. The molecule has 1 atom stereocenters. The Kier molecular flexibility index (Phi) is 2.55. The van der Waals surface area contributed by atoms with Gasteiger partial charge in [0.1, 0.15) is 5.76 Å². The molecule has 1 aliphatic heterocycles. The standard InChI is InChI=1S/C14H14N2O2/c1-2-16-13(12-8-5-9-18-12)15-11-7-4-3-6-10(11)14(16)17/h3-9,13,15H,2H2,1H3. The molecular formula is C14H14N2O2. The second kappa shape index (κ2) is 4.22. The van der Waals surface area contributed by atoms with Crippen LogP contribution in [0, 0.1) is 0 Å². The summed E-state index contributed by atoms with van der Waals surface area (Å²) in [6.45, 7) is 2.59. The van der Waals surface area contributed by atoms with Crippen molar-refractivity contribution in [3.05, 3.63) is 54.0 Å². The number of hydrogen-bond acceptors (Lipinski definition) is 3. The summed E-state index contributed by atoms with van der Waals surface area (Å²) in [7, 11) is 0. The van der Waals surface area contributed by atoms with Gasteiger partial charge in [-0.3, -0.25) is 4.79 Å². The SMILES string of the molecule is CCN1C(=O)c2ccccc2NC1c1ccco1. The van der Waals surface area contributed by atoms with Crippen LogP contribution in [0.1, 0.15) is 29.2 Å². The maximum Gasteiger partial charge on any atom is 0.257 e. The van der Waals surface area contributed by atoms with Crippen molar-refractivity contribution in [1.82, 2.24) is 4.90 Å². The summed E-state index contributed by atoms with van der Waals surface area (Å²) in [6, 6.07) is 11.2. The van der Waals surface area contributed by atoms with E-state index >= 15 is 0 Å². The molecule has 2 heterocycles. The number of hydrogen-bond donors (Lipinski definition) is 1. The van der Waals surface area contributed by atoms with Crippen molar-refractivity contribution in [3.8, 4) is 0 Å². The number of anilines is 1. The summed E-state index contributed by atoms with van der Waals surface area (Å²) in [5.74, 6) is 0.785. The Morgan fingerprint density at radius 3 is 2.83 bits per heavy atom. The van der Waals surface area contributed by atoms with Crippen LogP contribution in [-0.4, -0.2) is 17.4 Å². The Bertz CT molecular complexity index is 563. The molecule has 0 bridgehead atoms. The lowest BCUT2D eigenvalue weighted by Crippen LogP contribution is -2.42. The second-order valence-corrected chi connectivity index (χ2v) is 4.20. The smallest absolute Gasteiger partial charge is 0.257 e. The first-order chi connectivity index (χ1) is 8.81. The van der Waals surface area contributed by atoms with Gasteiger partial charge >= 0.3 is 0 Å². The van der Waals surface area contributed by atoms with Gasteiger partial charge in [-0.1, -0.05) is 12.1 Å². The van der Waals surface area contributed by atoms with Crippen molar-refractivity contribution in [2.45, 2.75) is 13.1 Å². The van der Waals surface area contributed by atoms with Gasteiger partial charge < -0.3 is 14.6 Å². The highest BCUT2D eigenvalue weighted by Crippen LogP contribution is 2.32. The average Bonchev–Trinajstić information content (AvgIpc) is 2.92. The van der Waals surface area contributed by atoms with Crippen LogP contribution < -0.4 is 5.32 Å². The van der Waals surface area contributed by atoms with Gasteiger partial charge in [-0.15, -0.1) is 0 Å². The summed E-state index contributed by atoms with van der Waals surface area (Å²) in [4.78, 5) is 14.2. The number of carbonyl (C=O) groups is 1. The molecule has 0 saturated carbocycles. The van der Waals surface area contributed by atoms with Crippen molar-refractivity contribution in [2.75, 3.05) is 11.9 Å². The second-order valence-electron chi connectivity index (χ2n) is 4.20. The van der Waals surface area contributed by atoms with Gasteiger partial charge in [0.15, 0.2) is 6.17 Å². The lowest BCUT2D eigenvalue weighted by molar-refractivity contribution is 0.0675. The fourth-order valence-electron chi connectivity index (χ4n) is 2.29. The third kappa shape index (κ3) is 1.57. The van der Waals surface area contributed by atoms with Crippen LogP contribution in [0.15, 0.2) is 47.1 Å². The van der Waals surface area contributed by atoms with E-state index in [1.165, 1.54) is 0 Å². The average molecular weight is 242 g/mol. The number of nitrogens with zero attached hydrogens (tertiary/aromatic N) is 1. The normalized spacial score (nSPS) is 18.4. The molecule has 0 aliphatic carbocycles. The van der Waals surface area contributed by atoms with Crippen molar-refractivity contribution < 1.29 is 9.21 Å². The van der Waals surface area contributed by atoms with Gasteiger partial charge in [-0.25, -0.2) is 0 Å². The molecule has 92 valence electrons. The lowest BCUT2D eigenvalue weighted by Gasteiger charge is -2.35. The first-order valence-electron chi connectivity index (χ1n) is 6.01. The van der Waals surface area contributed by atoms with E-state index in [9.17, 15) is 4.79 Å². The molecule has 1 aliphatic rings. The van der Waals surface area contributed by atoms with Crippen LogP contribution in [0.5, 0.6) is 0 Å². The molecule has 0 spiro atoms. The Morgan fingerprint density at radius 2 is 2.11 bits per heavy atom. The first-order valence-corrected chi connectivity index (χ1v) is 6.01. The minimum Gasteiger partial charge on any atom is -0.465 e. The third-order valence-electron chi connectivity index (χ3n) is 3.18. The zero-order chi connectivity index (χ0) is 12.5. The lowest BCUT2D eigenvalue weighted by atomic mass is 10.1. The molecular weight excluding hydrogens is 228 g/mol. The predicted octanol–water partition coefficient (Wildman–Crippen LogP) is 2.87. The van der Waals surface area contributed by atoms with E-state index < -0.39 is 0 Å². The van der Waals surface area contributed by atoms with Crippen molar-refractivity contribution >= 4 is 11.6 Å². The van der Waals surface area contributed by atoms with E-state index in [0.717, 1.165) is 11.4 Å². The van der Waals surface area contributed by atoms with Crippen LogP contribution in [0.4, 0.5) is 5.69 Å². The molecule has 0 fully saturated rings. The van der Waals surface area contributed by atoms with Gasteiger partial charge in [0, 0.05) is 12.2 Å². The topological polar surface area (TPSA) is 45.5 Å². The molecule has 1 amide bonds. The molecule has 3 rings (SSSR count). The summed E-state index contributed by atoms with van der Waals surface area (Å²) in [5.41, 5.74) is 1.57. The van der Waals surface area contributed by atoms with Crippen LogP contribution in [0.2, 0.25) is 0 Å². The maximum absolute atomic E-state index is 12.4. The van der Waals surface area contributed by atoms with E-state index in [0.29, 0.717) is 12.1 Å². The summed E-state index contributed by atoms with van der Waals surface area (Å²) in [5, 5.41) is 3.34. The van der Waals surface area contributed by atoms with E-state index in [1.807, 2.05) is 43.3 Å². The number of rotatable bonds is 2. The highest BCUT2D eigenvalue weighted by Gasteiger charge is 2.32. The van der Waals surface area contributed by atoms with Crippen LogP contribution in [-0.2, 0) is 0 Å². The predicted molar refractivity (Wildman–Crippen MR) is 68.2 cm³/mol. The molecule has 1 aromatic carbocycles. The zero-order valence-corrected chi connectivity index (χ0v) is 10.1. The molecule has 1 aromatic heterocycles. The summed E-state index contributed by atoms with van der Waals surface area (Å²) >= 11 is 0. The van der Waals surface area contributed by atoms with Crippen molar-refractivity contribution in [1.29, 1.82) is 0 Å². The molecule has 18 heavy (non-hydrogen) atoms. The highest BCUT2D eigenvalue weighted by molar-refractivity contribution is 6.01. The minimum absolute atomic E-state index is 0.0354. The Morgan fingerprint density at radius 1 is 1.28 bits per heavy atom. The van der Waals surface area contributed by atoms with Gasteiger partial charge in [-0.05, 0) is 31.2 Å². The monoisotopic (exact) mass is 242 g/mol. The van der Waals surface area contributed by atoms with Crippen LogP contribution in [0.25, 0.3) is 0 Å².